The fourth-order valence-corrected chi connectivity index (χ4v) is 2.71. The summed E-state index contributed by atoms with van der Waals surface area (Å²) < 4.78 is 11.1. The highest BCUT2D eigenvalue weighted by atomic mass is 32.1. The monoisotopic (exact) mass is 364 g/mol. The average molecular weight is 365 g/mol. The van der Waals surface area contributed by atoms with Gasteiger partial charge in [-0.3, -0.25) is 0 Å². The minimum atomic E-state index is 0.471. The van der Waals surface area contributed by atoms with Gasteiger partial charge in [0.1, 0.15) is 12.0 Å². The van der Waals surface area contributed by atoms with Gasteiger partial charge in [-0.15, -0.1) is 11.3 Å². The third-order valence-electron chi connectivity index (χ3n) is 3.41. The Hall–Kier alpha value is -1.86. The van der Waals surface area contributed by atoms with E-state index in [4.69, 9.17) is 9.15 Å². The predicted octanol–water partition coefficient (Wildman–Crippen LogP) is 3.52. The topological polar surface area (TPSA) is 71.7 Å². The molecule has 138 valence electrons. The number of hydrogen-bond acceptors (Lipinski definition) is 5. The van der Waals surface area contributed by atoms with Crippen LogP contribution < -0.4 is 10.6 Å². The third-order valence-corrected chi connectivity index (χ3v) is 4.26. The highest BCUT2D eigenvalue weighted by Crippen LogP contribution is 2.23. The zero-order valence-electron chi connectivity index (χ0n) is 15.2. The van der Waals surface area contributed by atoms with E-state index in [0.29, 0.717) is 25.0 Å². The van der Waals surface area contributed by atoms with Gasteiger partial charge in [-0.05, 0) is 30.7 Å². The molecule has 0 radical (unpaired) electrons. The van der Waals surface area contributed by atoms with Crippen LogP contribution in [0.25, 0.3) is 10.8 Å². The number of rotatable bonds is 10. The van der Waals surface area contributed by atoms with E-state index in [1.54, 1.807) is 17.6 Å². The van der Waals surface area contributed by atoms with Crippen LogP contribution in [0.2, 0.25) is 0 Å². The van der Waals surface area contributed by atoms with E-state index in [2.05, 4.69) is 34.5 Å². The molecule has 2 N–H and O–H groups in total. The molecule has 25 heavy (non-hydrogen) atoms. The van der Waals surface area contributed by atoms with Crippen LogP contribution in [0.5, 0.6) is 0 Å². The minimum absolute atomic E-state index is 0.471. The van der Waals surface area contributed by atoms with E-state index in [1.165, 1.54) is 0 Å². The molecule has 0 fully saturated rings. The summed E-state index contributed by atoms with van der Waals surface area (Å²) in [6.45, 7) is 9.92. The van der Waals surface area contributed by atoms with Crippen molar-refractivity contribution in [2.75, 3.05) is 26.3 Å². The van der Waals surface area contributed by atoms with Gasteiger partial charge in [0.25, 0.3) is 0 Å². The molecule has 0 saturated heterocycles. The van der Waals surface area contributed by atoms with Gasteiger partial charge in [0.05, 0.1) is 18.0 Å². The zero-order chi connectivity index (χ0) is 17.9. The summed E-state index contributed by atoms with van der Waals surface area (Å²) in [5.41, 5.74) is 0.814. The molecule has 0 spiro atoms. The number of nitrogens with one attached hydrogen (secondary N) is 2. The first-order chi connectivity index (χ1) is 12.2. The molecule has 2 aromatic heterocycles. The lowest BCUT2D eigenvalue weighted by atomic mass is 10.1. The lowest BCUT2D eigenvalue weighted by Gasteiger charge is -2.11. The van der Waals surface area contributed by atoms with Crippen LogP contribution in [0, 0.1) is 5.92 Å². The van der Waals surface area contributed by atoms with Crippen molar-refractivity contribution < 1.29 is 9.15 Å². The normalized spacial score (nSPS) is 11.9. The first kappa shape index (κ1) is 19.5. The Morgan fingerprint density at radius 3 is 2.96 bits per heavy atom. The van der Waals surface area contributed by atoms with E-state index < -0.39 is 0 Å². The first-order valence-electron chi connectivity index (χ1n) is 8.77. The largest absolute Gasteiger partial charge is 0.443 e. The molecule has 0 amide bonds. The lowest BCUT2D eigenvalue weighted by molar-refractivity contribution is 0.128. The van der Waals surface area contributed by atoms with E-state index in [9.17, 15) is 0 Å². The maximum Gasteiger partial charge on any atom is 0.236 e. The number of guanidine groups is 1. The second kappa shape index (κ2) is 10.9. The number of aromatic nitrogens is 1. The summed E-state index contributed by atoms with van der Waals surface area (Å²) in [5, 5.41) is 8.50. The van der Waals surface area contributed by atoms with Crippen LogP contribution in [-0.4, -0.2) is 37.2 Å². The zero-order valence-corrected chi connectivity index (χ0v) is 16.1. The summed E-state index contributed by atoms with van der Waals surface area (Å²) in [6.07, 6.45) is 2.75. The number of oxazole rings is 1. The van der Waals surface area contributed by atoms with Crippen molar-refractivity contribution in [2.45, 2.75) is 33.7 Å². The number of aliphatic imine (C=N–C) groups is 1. The fourth-order valence-electron chi connectivity index (χ4n) is 2.06. The summed E-state index contributed by atoms with van der Waals surface area (Å²) in [5.74, 6) is 2.08. The average Bonchev–Trinajstić information content (AvgIpc) is 3.26. The van der Waals surface area contributed by atoms with Gasteiger partial charge in [-0.2, -0.15) is 0 Å². The van der Waals surface area contributed by atoms with Crippen LogP contribution in [-0.2, 0) is 11.3 Å². The van der Waals surface area contributed by atoms with E-state index in [-0.39, 0.29) is 0 Å². The molecule has 6 nitrogen and oxygen atoms in total. The Bertz CT molecular complexity index is 623. The van der Waals surface area contributed by atoms with Gasteiger partial charge < -0.3 is 19.8 Å². The summed E-state index contributed by atoms with van der Waals surface area (Å²) in [6, 6.07) is 3.98. The number of hydrogen-bond donors (Lipinski definition) is 2. The molecule has 2 aromatic rings. The predicted molar refractivity (Wildman–Crippen MR) is 103 cm³/mol. The van der Waals surface area contributed by atoms with Crippen molar-refractivity contribution in [2.24, 2.45) is 10.9 Å². The smallest absolute Gasteiger partial charge is 0.236 e. The molecular weight excluding hydrogens is 336 g/mol. The van der Waals surface area contributed by atoms with Crippen molar-refractivity contribution in [3.8, 4) is 10.8 Å². The Labute approximate surface area is 153 Å². The van der Waals surface area contributed by atoms with Crippen molar-refractivity contribution in [3.63, 3.8) is 0 Å². The molecule has 2 heterocycles. The summed E-state index contributed by atoms with van der Waals surface area (Å²) in [7, 11) is 0. The molecule has 2 rings (SSSR count). The number of ether oxygens (including phenoxy) is 1. The second-order valence-corrected chi connectivity index (χ2v) is 6.99. The van der Waals surface area contributed by atoms with Crippen LogP contribution in [0.15, 0.2) is 33.2 Å². The second-order valence-electron chi connectivity index (χ2n) is 6.04. The Morgan fingerprint density at radius 1 is 1.36 bits per heavy atom. The van der Waals surface area contributed by atoms with Crippen LogP contribution in [0.1, 0.15) is 32.9 Å². The van der Waals surface area contributed by atoms with Crippen LogP contribution in [0.4, 0.5) is 0 Å². The molecule has 0 aromatic carbocycles. The summed E-state index contributed by atoms with van der Waals surface area (Å²) >= 11 is 1.61. The van der Waals surface area contributed by atoms with Crippen molar-refractivity contribution in [3.05, 3.63) is 29.5 Å². The lowest BCUT2D eigenvalue weighted by Crippen LogP contribution is -2.39. The Balaban J connectivity index is 1.77. The Morgan fingerprint density at radius 2 is 2.24 bits per heavy atom. The quantitative estimate of drug-likeness (QED) is 0.383. The SMILES string of the molecule is CCNC(=NCc1coc(-c2cccs2)n1)NCCOCCC(C)C. The van der Waals surface area contributed by atoms with Gasteiger partial charge in [0, 0.05) is 19.7 Å². The fraction of sp³-hybridized carbons (Fsp3) is 0.556. The van der Waals surface area contributed by atoms with E-state index >= 15 is 0 Å². The third kappa shape index (κ3) is 7.27. The van der Waals surface area contributed by atoms with Crippen molar-refractivity contribution >= 4 is 17.3 Å². The van der Waals surface area contributed by atoms with Gasteiger partial charge in [-0.25, -0.2) is 9.98 Å². The number of nitrogens with zero attached hydrogens (tertiary/aromatic N) is 2. The maximum atomic E-state index is 5.61. The molecule has 0 atom stereocenters. The van der Waals surface area contributed by atoms with E-state index in [0.717, 1.165) is 42.6 Å². The molecule has 0 aliphatic carbocycles. The first-order valence-corrected chi connectivity index (χ1v) is 9.65. The number of thiophene rings is 1. The van der Waals surface area contributed by atoms with Gasteiger partial charge >= 0.3 is 0 Å². The highest BCUT2D eigenvalue weighted by molar-refractivity contribution is 7.13. The molecule has 0 aliphatic rings. The Kier molecular flexibility index (Phi) is 8.48. The maximum absolute atomic E-state index is 5.61. The van der Waals surface area contributed by atoms with Gasteiger partial charge in [-0.1, -0.05) is 19.9 Å². The minimum Gasteiger partial charge on any atom is -0.443 e. The van der Waals surface area contributed by atoms with Crippen LogP contribution >= 0.6 is 11.3 Å². The molecule has 0 unspecified atom stereocenters. The van der Waals surface area contributed by atoms with E-state index in [1.807, 2.05) is 24.4 Å². The van der Waals surface area contributed by atoms with Gasteiger partial charge in [0.2, 0.25) is 5.89 Å². The van der Waals surface area contributed by atoms with Gasteiger partial charge in [0.15, 0.2) is 5.96 Å². The molecule has 0 aliphatic heterocycles. The summed E-state index contributed by atoms with van der Waals surface area (Å²) in [4.78, 5) is 10.0. The van der Waals surface area contributed by atoms with Crippen molar-refractivity contribution in [1.82, 2.24) is 15.6 Å². The molecular formula is C18H28N4O2S. The molecule has 0 bridgehead atoms. The standard InChI is InChI=1S/C18H28N4O2S/c1-4-19-18(20-8-10-23-9-7-14(2)3)21-12-15-13-24-17(22-15)16-6-5-11-25-16/h5-6,11,13-14H,4,7-10,12H2,1-3H3,(H2,19,20,21). The van der Waals surface area contributed by atoms with Crippen molar-refractivity contribution in [1.29, 1.82) is 0 Å². The molecule has 7 heteroatoms. The van der Waals surface area contributed by atoms with Crippen LogP contribution in [0.3, 0.4) is 0 Å². The highest BCUT2D eigenvalue weighted by Gasteiger charge is 2.07. The molecule has 0 saturated carbocycles.